The molecule has 1 fully saturated rings. The van der Waals surface area contributed by atoms with Crippen molar-refractivity contribution < 1.29 is 28.6 Å². The maximum atomic E-state index is 14.2. The van der Waals surface area contributed by atoms with Crippen LogP contribution in [0.3, 0.4) is 0 Å². The maximum absolute atomic E-state index is 14.2. The largest absolute Gasteiger partial charge is 0.444 e. The van der Waals surface area contributed by atoms with Crippen molar-refractivity contribution in [3.8, 4) is 11.1 Å². The second kappa shape index (κ2) is 10.2. The number of hydrogen-bond donors (Lipinski definition) is 2. The number of ether oxygens (including phenoxy) is 2. The first-order valence-corrected chi connectivity index (χ1v) is 13.6. The van der Waals surface area contributed by atoms with Crippen LogP contribution in [0, 0.1) is 12.9 Å². The number of pyridine rings is 1. The third-order valence-electron chi connectivity index (χ3n) is 7.49. The number of fused-ring (bicyclic) bond motifs is 2. The van der Waals surface area contributed by atoms with Crippen molar-refractivity contribution in [2.45, 2.75) is 71.8 Å². The summed E-state index contributed by atoms with van der Waals surface area (Å²) in [5.74, 6) is -0.758. The van der Waals surface area contributed by atoms with E-state index in [-0.39, 0.29) is 12.5 Å². The molecule has 0 saturated carbocycles. The lowest BCUT2D eigenvalue weighted by Crippen LogP contribution is -2.48. The number of morpholine rings is 1. The third kappa shape index (κ3) is 5.42. The summed E-state index contributed by atoms with van der Waals surface area (Å²) in [5, 5.41) is 11.1. The topological polar surface area (TPSA) is 108 Å². The van der Waals surface area contributed by atoms with Crippen molar-refractivity contribution in [3.05, 3.63) is 52.6 Å². The fourth-order valence-corrected chi connectivity index (χ4v) is 5.45. The van der Waals surface area contributed by atoms with Gasteiger partial charge in [-0.15, -0.1) is 0 Å². The van der Waals surface area contributed by atoms with Crippen molar-refractivity contribution in [2.75, 3.05) is 26.3 Å². The molecule has 0 bridgehead atoms. The molecule has 3 aromatic rings. The smallest absolute Gasteiger partial charge is 0.410 e. The predicted molar refractivity (Wildman–Crippen MR) is 148 cm³/mol. The minimum Gasteiger partial charge on any atom is -0.444 e. The molecule has 1 atom stereocenters. The van der Waals surface area contributed by atoms with Gasteiger partial charge in [-0.25, -0.2) is 9.78 Å². The lowest BCUT2D eigenvalue weighted by Gasteiger charge is -2.40. The molecule has 5 rings (SSSR count). The van der Waals surface area contributed by atoms with Crippen LogP contribution in [-0.2, 0) is 27.2 Å². The zero-order chi connectivity index (χ0) is 29.0. The lowest BCUT2D eigenvalue weighted by atomic mass is 9.86. The number of carbonyl (C=O) groups excluding carboxylic acids is 2. The van der Waals surface area contributed by atoms with Crippen molar-refractivity contribution in [2.24, 2.45) is 0 Å². The molecular weight excluding hydrogens is 515 g/mol. The van der Waals surface area contributed by atoms with Crippen LogP contribution in [0.15, 0.2) is 24.4 Å². The Morgan fingerprint density at radius 3 is 2.60 bits per heavy atom. The highest BCUT2D eigenvalue weighted by atomic mass is 19.1. The average Bonchev–Trinajstić information content (AvgIpc) is 3.18. The molecule has 1 aromatic carbocycles. The minimum atomic E-state index is -1.50. The van der Waals surface area contributed by atoms with Gasteiger partial charge in [-0.05, 0) is 82.3 Å². The van der Waals surface area contributed by atoms with Gasteiger partial charge in [0.1, 0.15) is 16.8 Å². The SMILES string of the molecule is Cc1c(F)[nH]c2ncc(-c3cc4c(c([C@@H]5COCCN5C(=O)OC(C)(C)C)c3)CN(C(=O)C(C)(C)O)CC4)cc12. The van der Waals surface area contributed by atoms with Gasteiger partial charge in [-0.1, -0.05) is 6.07 Å². The number of nitrogens with zero attached hydrogens (tertiary/aromatic N) is 3. The minimum absolute atomic E-state index is 0.272. The molecule has 2 aliphatic heterocycles. The number of rotatable bonds is 3. The first-order chi connectivity index (χ1) is 18.7. The molecule has 40 heavy (non-hydrogen) atoms. The summed E-state index contributed by atoms with van der Waals surface area (Å²) in [6.07, 6.45) is 1.85. The molecule has 1 saturated heterocycles. The molecule has 2 N–H and O–H groups in total. The van der Waals surface area contributed by atoms with Gasteiger partial charge in [0.15, 0.2) is 5.95 Å². The Hall–Kier alpha value is -3.50. The number of H-pyrrole nitrogens is 1. The van der Waals surface area contributed by atoms with E-state index < -0.39 is 29.3 Å². The fourth-order valence-electron chi connectivity index (χ4n) is 5.45. The number of carbonyl (C=O) groups is 2. The molecule has 0 unspecified atom stereocenters. The Kier molecular flexibility index (Phi) is 7.12. The van der Waals surface area contributed by atoms with Gasteiger partial charge in [0, 0.05) is 42.3 Å². The normalized spacial score (nSPS) is 18.1. The molecule has 10 heteroatoms. The maximum Gasteiger partial charge on any atom is 0.410 e. The molecule has 2 aliphatic rings. The summed E-state index contributed by atoms with van der Waals surface area (Å²) >= 11 is 0. The Labute approximate surface area is 233 Å². The number of amides is 2. The van der Waals surface area contributed by atoms with Crippen LogP contribution in [0.2, 0.25) is 0 Å². The van der Waals surface area contributed by atoms with E-state index in [1.54, 1.807) is 22.9 Å². The first kappa shape index (κ1) is 28.0. The Morgan fingerprint density at radius 2 is 1.90 bits per heavy atom. The van der Waals surface area contributed by atoms with Crippen LogP contribution in [0.1, 0.15) is 62.9 Å². The van der Waals surface area contributed by atoms with E-state index in [1.165, 1.54) is 13.8 Å². The van der Waals surface area contributed by atoms with Crippen LogP contribution in [0.4, 0.5) is 9.18 Å². The number of aromatic amines is 1. The number of aromatic nitrogens is 2. The van der Waals surface area contributed by atoms with Gasteiger partial charge in [0.25, 0.3) is 5.91 Å². The second-order valence-electron chi connectivity index (χ2n) is 12.2. The van der Waals surface area contributed by atoms with Gasteiger partial charge >= 0.3 is 6.09 Å². The Balaban J connectivity index is 1.63. The van der Waals surface area contributed by atoms with E-state index in [1.807, 2.05) is 32.9 Å². The van der Waals surface area contributed by atoms with Crippen LogP contribution in [0.25, 0.3) is 22.2 Å². The van der Waals surface area contributed by atoms with Crippen LogP contribution in [-0.4, -0.2) is 74.4 Å². The highest BCUT2D eigenvalue weighted by Gasteiger charge is 2.37. The van der Waals surface area contributed by atoms with Gasteiger partial charge in [0.2, 0.25) is 0 Å². The van der Waals surface area contributed by atoms with Crippen molar-refractivity contribution in [1.82, 2.24) is 19.8 Å². The van der Waals surface area contributed by atoms with E-state index in [0.29, 0.717) is 49.3 Å². The monoisotopic (exact) mass is 552 g/mol. The number of aryl methyl sites for hydroxylation is 1. The van der Waals surface area contributed by atoms with E-state index in [0.717, 1.165) is 27.8 Å². The summed E-state index contributed by atoms with van der Waals surface area (Å²) in [4.78, 5) is 36.8. The van der Waals surface area contributed by atoms with E-state index >= 15 is 0 Å². The van der Waals surface area contributed by atoms with Crippen LogP contribution in [0.5, 0.6) is 0 Å². The van der Waals surface area contributed by atoms with E-state index in [4.69, 9.17) is 9.47 Å². The molecule has 2 aromatic heterocycles. The van der Waals surface area contributed by atoms with Gasteiger partial charge < -0.3 is 24.5 Å². The van der Waals surface area contributed by atoms with Gasteiger partial charge in [-0.3, -0.25) is 9.69 Å². The molecule has 0 aliphatic carbocycles. The third-order valence-corrected chi connectivity index (χ3v) is 7.49. The summed E-state index contributed by atoms with van der Waals surface area (Å²) in [7, 11) is 0. The standard InChI is InChI=1S/C30H37FN4O5/c1-17-21-13-20(14-32-26(21)33-25(17)31)19-11-18-7-8-34(27(36)30(5,6)38)15-23(18)22(12-19)24-16-39-10-9-35(24)28(37)40-29(2,3)4/h11-14,24,38H,7-10,15-16H2,1-6H3,(H,32,33)/t24-/m0/s1. The van der Waals surface area contributed by atoms with Crippen molar-refractivity contribution in [3.63, 3.8) is 0 Å². The first-order valence-electron chi connectivity index (χ1n) is 13.6. The number of hydrogen-bond acceptors (Lipinski definition) is 6. The van der Waals surface area contributed by atoms with Crippen molar-refractivity contribution in [1.29, 1.82) is 0 Å². The molecule has 9 nitrogen and oxygen atoms in total. The number of nitrogens with one attached hydrogen (secondary N) is 1. The number of halogens is 1. The fraction of sp³-hybridized carbons (Fsp3) is 0.500. The lowest BCUT2D eigenvalue weighted by molar-refractivity contribution is -0.148. The van der Waals surface area contributed by atoms with Crippen LogP contribution >= 0.6 is 0 Å². The molecule has 0 radical (unpaired) electrons. The summed E-state index contributed by atoms with van der Waals surface area (Å²) in [5.41, 5.74) is 3.32. The van der Waals surface area contributed by atoms with Crippen molar-refractivity contribution >= 4 is 23.0 Å². The Bertz CT molecular complexity index is 1470. The molecule has 2 amide bonds. The highest BCUT2D eigenvalue weighted by molar-refractivity contribution is 5.86. The molecule has 214 valence electrons. The average molecular weight is 553 g/mol. The molecule has 4 heterocycles. The highest BCUT2D eigenvalue weighted by Crippen LogP contribution is 2.38. The summed E-state index contributed by atoms with van der Waals surface area (Å²) in [6.45, 7) is 12.0. The quantitative estimate of drug-likeness (QED) is 0.490. The van der Waals surface area contributed by atoms with Gasteiger partial charge in [0.05, 0.1) is 19.3 Å². The van der Waals surface area contributed by atoms with Gasteiger partial charge in [-0.2, -0.15) is 4.39 Å². The molecular formula is C30H37FN4O5. The van der Waals surface area contributed by atoms with E-state index in [9.17, 15) is 19.1 Å². The van der Waals surface area contributed by atoms with Crippen LogP contribution < -0.4 is 0 Å². The molecule has 0 spiro atoms. The Morgan fingerprint density at radius 1 is 1.15 bits per heavy atom. The number of benzene rings is 1. The van der Waals surface area contributed by atoms with E-state index in [2.05, 4.69) is 16.0 Å². The zero-order valence-electron chi connectivity index (χ0n) is 23.9. The summed E-state index contributed by atoms with van der Waals surface area (Å²) in [6, 6.07) is 5.55. The second-order valence-corrected chi connectivity index (χ2v) is 12.2. The predicted octanol–water partition coefficient (Wildman–Crippen LogP) is 4.64. The summed E-state index contributed by atoms with van der Waals surface area (Å²) < 4.78 is 25.8. The zero-order valence-corrected chi connectivity index (χ0v) is 23.9. The number of aliphatic hydroxyl groups is 1.